The van der Waals surface area contributed by atoms with Gasteiger partial charge >= 0.3 is 0 Å². The van der Waals surface area contributed by atoms with Gasteiger partial charge in [-0.3, -0.25) is 4.79 Å². The van der Waals surface area contributed by atoms with Crippen molar-refractivity contribution in [3.63, 3.8) is 0 Å². The smallest absolute Gasteiger partial charge is 0.255 e. The van der Waals surface area contributed by atoms with Crippen molar-refractivity contribution < 1.29 is 26.7 Å². The highest BCUT2D eigenvalue weighted by molar-refractivity contribution is 7.89. The van der Waals surface area contributed by atoms with Gasteiger partial charge in [0, 0.05) is 29.5 Å². The molecule has 2 aromatic carbocycles. The summed E-state index contributed by atoms with van der Waals surface area (Å²) >= 11 is 0. The minimum Gasteiger partial charge on any atom is -0.380 e. The van der Waals surface area contributed by atoms with Crippen molar-refractivity contribution in [2.75, 3.05) is 18.5 Å². The molecule has 1 aliphatic rings. The van der Waals surface area contributed by atoms with Crippen LogP contribution in [0.5, 0.6) is 0 Å². The Balaban J connectivity index is 1.80. The molecule has 0 radical (unpaired) electrons. The zero-order valence-corrected chi connectivity index (χ0v) is 15.3. The fourth-order valence-corrected chi connectivity index (χ4v) is 4.00. The van der Waals surface area contributed by atoms with Crippen LogP contribution < -0.4 is 10.0 Å². The molecule has 1 heterocycles. The van der Waals surface area contributed by atoms with Crippen LogP contribution in [0.1, 0.15) is 22.3 Å². The summed E-state index contributed by atoms with van der Waals surface area (Å²) < 4.78 is 59.5. The van der Waals surface area contributed by atoms with E-state index in [0.29, 0.717) is 19.6 Å². The number of hydrogen-bond donors (Lipinski definition) is 2. The van der Waals surface area contributed by atoms with E-state index < -0.39 is 27.6 Å². The summed E-state index contributed by atoms with van der Waals surface area (Å²) in [6, 6.07) is 7.31. The molecule has 0 aromatic heterocycles. The van der Waals surface area contributed by atoms with E-state index in [2.05, 4.69) is 10.0 Å². The lowest BCUT2D eigenvalue weighted by atomic mass is 10.1. The molecule has 6 nitrogen and oxygen atoms in total. The summed E-state index contributed by atoms with van der Waals surface area (Å²) in [6.45, 7) is 2.13. The molecule has 1 atom stereocenters. The Morgan fingerprint density at radius 3 is 2.70 bits per heavy atom. The van der Waals surface area contributed by atoms with Gasteiger partial charge in [0.2, 0.25) is 10.0 Å². The number of amides is 1. The maximum Gasteiger partial charge on any atom is 0.255 e. The molecule has 0 saturated carbocycles. The van der Waals surface area contributed by atoms with Crippen LogP contribution in [0.4, 0.5) is 14.5 Å². The van der Waals surface area contributed by atoms with Crippen LogP contribution in [0.2, 0.25) is 0 Å². The third-order valence-corrected chi connectivity index (χ3v) is 5.76. The maximum absolute atomic E-state index is 13.6. The quantitative estimate of drug-likeness (QED) is 0.814. The van der Waals surface area contributed by atoms with Crippen LogP contribution in [0.25, 0.3) is 0 Å². The van der Waals surface area contributed by atoms with Crippen molar-refractivity contribution in [3.05, 3.63) is 59.2 Å². The lowest BCUT2D eigenvalue weighted by molar-refractivity contribution is 0.102. The minimum atomic E-state index is -3.81. The standard InChI is InChI=1S/C18H18F2N2O4S/c1-11-16(6-5-15(19)17(11)20)21-18(23)12-3-2-4-14(9-12)27(24,25)22-13-7-8-26-10-13/h2-6,9,13,22H,7-8,10H2,1H3,(H,21,23). The topological polar surface area (TPSA) is 84.5 Å². The van der Waals surface area contributed by atoms with Crippen molar-refractivity contribution >= 4 is 21.6 Å². The van der Waals surface area contributed by atoms with E-state index >= 15 is 0 Å². The molecule has 0 aliphatic carbocycles. The first-order valence-corrected chi connectivity index (χ1v) is 9.72. The molecule has 144 valence electrons. The first kappa shape index (κ1) is 19.4. The van der Waals surface area contributed by atoms with E-state index in [1.54, 1.807) is 0 Å². The highest BCUT2D eigenvalue weighted by Gasteiger charge is 2.24. The average molecular weight is 396 g/mol. The fourth-order valence-electron chi connectivity index (χ4n) is 2.70. The fraction of sp³-hybridized carbons (Fsp3) is 0.278. The van der Waals surface area contributed by atoms with E-state index in [1.165, 1.54) is 37.3 Å². The number of halogens is 2. The molecule has 2 aromatic rings. The number of carbonyl (C=O) groups excluding carboxylic acids is 1. The van der Waals surface area contributed by atoms with Crippen LogP contribution in [-0.4, -0.2) is 33.6 Å². The van der Waals surface area contributed by atoms with E-state index in [-0.39, 0.29) is 27.8 Å². The number of sulfonamides is 1. The van der Waals surface area contributed by atoms with Gasteiger partial charge in [-0.05, 0) is 43.7 Å². The van der Waals surface area contributed by atoms with Gasteiger partial charge in [0.05, 0.1) is 11.5 Å². The maximum atomic E-state index is 13.6. The number of rotatable bonds is 5. The second-order valence-electron chi connectivity index (χ2n) is 6.20. The van der Waals surface area contributed by atoms with Crippen molar-refractivity contribution in [1.82, 2.24) is 4.72 Å². The molecule has 0 spiro atoms. The Labute approximate surface area is 155 Å². The number of benzene rings is 2. The van der Waals surface area contributed by atoms with Gasteiger partial charge in [0.15, 0.2) is 11.6 Å². The average Bonchev–Trinajstić information content (AvgIpc) is 3.14. The molecular weight excluding hydrogens is 378 g/mol. The summed E-state index contributed by atoms with van der Waals surface area (Å²) in [5.74, 6) is -2.70. The summed E-state index contributed by atoms with van der Waals surface area (Å²) in [4.78, 5) is 12.4. The Kier molecular flexibility index (Phi) is 5.54. The monoisotopic (exact) mass is 396 g/mol. The largest absolute Gasteiger partial charge is 0.380 e. The summed E-state index contributed by atoms with van der Waals surface area (Å²) in [5, 5.41) is 2.47. The molecule has 9 heteroatoms. The van der Waals surface area contributed by atoms with Gasteiger partial charge in [-0.1, -0.05) is 6.07 Å². The number of carbonyl (C=O) groups is 1. The van der Waals surface area contributed by atoms with E-state index in [4.69, 9.17) is 4.74 Å². The van der Waals surface area contributed by atoms with Gasteiger partial charge < -0.3 is 10.1 Å². The zero-order valence-electron chi connectivity index (χ0n) is 14.5. The molecule has 27 heavy (non-hydrogen) atoms. The molecule has 0 bridgehead atoms. The lowest BCUT2D eigenvalue weighted by Crippen LogP contribution is -2.35. The highest BCUT2D eigenvalue weighted by Crippen LogP contribution is 2.22. The second-order valence-corrected chi connectivity index (χ2v) is 7.91. The number of anilines is 1. The zero-order chi connectivity index (χ0) is 19.6. The van der Waals surface area contributed by atoms with Crippen LogP contribution in [0, 0.1) is 18.6 Å². The molecule has 3 rings (SSSR count). The van der Waals surface area contributed by atoms with E-state index in [1.807, 2.05) is 0 Å². The van der Waals surface area contributed by atoms with Crippen molar-refractivity contribution in [3.8, 4) is 0 Å². The van der Waals surface area contributed by atoms with E-state index in [9.17, 15) is 22.0 Å². The Morgan fingerprint density at radius 1 is 1.22 bits per heavy atom. The van der Waals surface area contributed by atoms with Gasteiger partial charge in [0.25, 0.3) is 5.91 Å². The number of nitrogens with one attached hydrogen (secondary N) is 2. The van der Waals surface area contributed by atoms with Crippen molar-refractivity contribution in [1.29, 1.82) is 0 Å². The summed E-state index contributed by atoms with van der Waals surface area (Å²) in [5.41, 5.74) is 0.132. The predicted molar refractivity (Wildman–Crippen MR) is 95.0 cm³/mol. The SMILES string of the molecule is Cc1c(NC(=O)c2cccc(S(=O)(=O)NC3CCOC3)c2)ccc(F)c1F. The van der Waals surface area contributed by atoms with Crippen molar-refractivity contribution in [2.24, 2.45) is 0 Å². The van der Waals surface area contributed by atoms with Gasteiger partial charge in [0.1, 0.15) is 0 Å². The Hall–Kier alpha value is -2.36. The number of ether oxygens (including phenoxy) is 1. The van der Waals surface area contributed by atoms with Crippen LogP contribution in [0.15, 0.2) is 41.3 Å². The molecule has 1 aliphatic heterocycles. The van der Waals surface area contributed by atoms with Crippen LogP contribution in [0.3, 0.4) is 0 Å². The first-order valence-electron chi connectivity index (χ1n) is 8.24. The predicted octanol–water partition coefficient (Wildman–Crippen LogP) is 2.59. The highest BCUT2D eigenvalue weighted by atomic mass is 32.2. The van der Waals surface area contributed by atoms with Gasteiger partial charge in [-0.15, -0.1) is 0 Å². The van der Waals surface area contributed by atoms with Crippen LogP contribution >= 0.6 is 0 Å². The Morgan fingerprint density at radius 2 is 2.00 bits per heavy atom. The first-order chi connectivity index (χ1) is 12.8. The second kappa shape index (κ2) is 7.71. The van der Waals surface area contributed by atoms with E-state index in [0.717, 1.165) is 6.07 Å². The molecule has 1 saturated heterocycles. The lowest BCUT2D eigenvalue weighted by Gasteiger charge is -2.13. The van der Waals surface area contributed by atoms with Crippen molar-refractivity contribution in [2.45, 2.75) is 24.3 Å². The third kappa shape index (κ3) is 4.32. The number of hydrogen-bond acceptors (Lipinski definition) is 4. The Bertz CT molecular complexity index is 973. The third-order valence-electron chi connectivity index (χ3n) is 4.25. The van der Waals surface area contributed by atoms with Gasteiger partial charge in [-0.25, -0.2) is 21.9 Å². The van der Waals surface area contributed by atoms with Gasteiger partial charge in [-0.2, -0.15) is 0 Å². The molecule has 1 unspecified atom stereocenters. The van der Waals surface area contributed by atoms with Crippen LogP contribution in [-0.2, 0) is 14.8 Å². The summed E-state index contributed by atoms with van der Waals surface area (Å²) in [7, 11) is -3.81. The molecule has 1 fully saturated rings. The molecule has 2 N–H and O–H groups in total. The molecule has 1 amide bonds. The molecular formula is C18H18F2N2O4S. The normalized spacial score (nSPS) is 17.1. The summed E-state index contributed by atoms with van der Waals surface area (Å²) in [6.07, 6.45) is 0.578. The minimum absolute atomic E-state index is 0.0463.